The number of methoxy groups -OCH3 is 2. The van der Waals surface area contributed by atoms with Crippen molar-refractivity contribution in [1.82, 2.24) is 25.4 Å². The minimum Gasteiger partial charge on any atom is -0.391 e. The molecule has 1 aliphatic heterocycles. The zero-order chi connectivity index (χ0) is 40.1. The summed E-state index contributed by atoms with van der Waals surface area (Å²) >= 11 is 1.37. The van der Waals surface area contributed by atoms with E-state index in [2.05, 4.69) is 15.6 Å². The lowest BCUT2D eigenvalue weighted by Crippen LogP contribution is -2.57. The van der Waals surface area contributed by atoms with Crippen LogP contribution in [0.3, 0.4) is 0 Å². The molecule has 1 fully saturated rings. The molecule has 0 saturated carbocycles. The number of likely N-dealkylation sites (tertiary alicyclic amines) is 1. The Morgan fingerprint density at radius 1 is 1.02 bits per heavy atom. The van der Waals surface area contributed by atoms with E-state index >= 15 is 0 Å². The highest BCUT2D eigenvalue weighted by atomic mass is 32.1. The van der Waals surface area contributed by atoms with E-state index in [4.69, 9.17) is 9.47 Å². The number of likely N-dealkylation sites (N-methyl/N-ethyl adjacent to an activating group) is 1. The molecule has 0 aliphatic carbocycles. The quantitative estimate of drug-likeness (QED) is 0.158. The molecule has 302 valence electrons. The first kappa shape index (κ1) is 45.0. The Morgan fingerprint density at radius 3 is 2.26 bits per heavy atom. The number of thiazole rings is 1. The molecule has 0 spiro atoms. The summed E-state index contributed by atoms with van der Waals surface area (Å²) in [6.45, 7) is 14.1. The van der Waals surface area contributed by atoms with Crippen LogP contribution in [0.15, 0.2) is 36.5 Å². The van der Waals surface area contributed by atoms with Crippen LogP contribution in [0.1, 0.15) is 102 Å². The van der Waals surface area contributed by atoms with Crippen LogP contribution in [0.5, 0.6) is 0 Å². The first-order valence-electron chi connectivity index (χ1n) is 19.5. The molecule has 1 saturated heterocycles. The van der Waals surface area contributed by atoms with Gasteiger partial charge in [0.15, 0.2) is 0 Å². The maximum absolute atomic E-state index is 14.2. The molecule has 2 aromatic rings. The SMILES string of the molecule is CC[C@H](C)[C@@H]([C@@H](CC(=O)N1CCC[C@H]1[C@H](OC)[C@@H](C)C(=O)NC(Cc1ccccc1)c1ncc(CO)s1)OC)N(C)C(=O)[C@@H](NC(=O)CC(C)C)C(C)C. The van der Waals surface area contributed by atoms with Crippen molar-refractivity contribution in [2.75, 3.05) is 27.8 Å². The summed E-state index contributed by atoms with van der Waals surface area (Å²) < 4.78 is 12.0. The monoisotopic (exact) mass is 771 g/mol. The fourth-order valence-corrected chi connectivity index (χ4v) is 8.38. The van der Waals surface area contributed by atoms with E-state index in [1.165, 1.54) is 11.3 Å². The second-order valence-electron chi connectivity index (χ2n) is 15.6. The van der Waals surface area contributed by atoms with Crippen molar-refractivity contribution < 1.29 is 33.8 Å². The summed E-state index contributed by atoms with van der Waals surface area (Å²) in [5.41, 5.74) is 1.04. The van der Waals surface area contributed by atoms with Gasteiger partial charge in [0.1, 0.15) is 11.0 Å². The van der Waals surface area contributed by atoms with Crippen molar-refractivity contribution in [3.05, 3.63) is 52.0 Å². The first-order chi connectivity index (χ1) is 25.7. The summed E-state index contributed by atoms with van der Waals surface area (Å²) in [7, 11) is 4.88. The molecule has 3 rings (SSSR count). The van der Waals surface area contributed by atoms with Crippen LogP contribution in [-0.4, -0.2) is 102 Å². The topological polar surface area (TPSA) is 150 Å². The Labute approximate surface area is 326 Å². The number of aliphatic hydroxyl groups is 1. The summed E-state index contributed by atoms with van der Waals surface area (Å²) in [5.74, 6) is -1.29. The number of carbonyl (C=O) groups is 4. The number of nitrogens with zero attached hydrogens (tertiary/aromatic N) is 3. The van der Waals surface area contributed by atoms with Gasteiger partial charge in [-0.1, -0.05) is 85.2 Å². The number of hydrogen-bond acceptors (Lipinski definition) is 9. The van der Waals surface area contributed by atoms with E-state index in [0.29, 0.717) is 35.7 Å². The number of aromatic nitrogens is 1. The number of benzene rings is 1. The van der Waals surface area contributed by atoms with Crippen molar-refractivity contribution in [2.45, 2.75) is 130 Å². The minimum atomic E-state index is -0.710. The van der Waals surface area contributed by atoms with Gasteiger partial charge in [-0.15, -0.1) is 11.3 Å². The fraction of sp³-hybridized carbons (Fsp3) is 0.683. The van der Waals surface area contributed by atoms with Crippen LogP contribution < -0.4 is 10.6 Å². The van der Waals surface area contributed by atoms with Crippen LogP contribution in [0.25, 0.3) is 0 Å². The number of aliphatic hydroxyl groups excluding tert-OH is 1. The molecule has 4 amide bonds. The minimum absolute atomic E-state index is 0.00387. The molecular formula is C41H65N5O7S. The molecule has 12 nitrogen and oxygen atoms in total. The maximum atomic E-state index is 14.2. The highest BCUT2D eigenvalue weighted by Gasteiger charge is 2.43. The number of nitrogens with one attached hydrogen (secondary N) is 2. The Morgan fingerprint density at radius 2 is 1.70 bits per heavy atom. The standard InChI is InChI=1S/C41H65N5O7S/c1-11-27(6)37(45(8)41(51)36(26(4)5)44-34(48)20-25(2)3)33(52-9)22-35(49)46-19-15-18-32(46)38(53-10)28(7)39(50)43-31(21-29-16-13-12-14-17-29)40-42-23-30(24-47)54-40/h12-14,16-17,23,25-28,31-33,36-38,47H,11,15,18-22,24H2,1-10H3,(H,43,50)(H,44,48)/t27-,28+,31?,32-,33+,36-,37-,38+/m0/s1. The Hall–Kier alpha value is -3.39. The zero-order valence-electron chi connectivity index (χ0n) is 34.0. The van der Waals surface area contributed by atoms with Gasteiger partial charge in [0.05, 0.1) is 54.2 Å². The summed E-state index contributed by atoms with van der Waals surface area (Å²) in [6, 6.07) is 7.98. The van der Waals surface area contributed by atoms with Crippen LogP contribution in [0, 0.1) is 23.7 Å². The van der Waals surface area contributed by atoms with E-state index in [1.807, 2.05) is 83.7 Å². The fourth-order valence-electron chi connectivity index (χ4n) is 7.55. The van der Waals surface area contributed by atoms with Gasteiger partial charge in [0.2, 0.25) is 23.6 Å². The third-order valence-electron chi connectivity index (χ3n) is 10.7. The predicted molar refractivity (Wildman–Crippen MR) is 211 cm³/mol. The van der Waals surface area contributed by atoms with E-state index in [1.54, 1.807) is 32.4 Å². The molecule has 0 bridgehead atoms. The molecule has 1 aromatic heterocycles. The van der Waals surface area contributed by atoms with Crippen LogP contribution >= 0.6 is 11.3 Å². The Bertz CT molecular complexity index is 1490. The van der Waals surface area contributed by atoms with Crippen LogP contribution in [0.4, 0.5) is 0 Å². The second kappa shape index (κ2) is 21.6. The number of rotatable bonds is 21. The van der Waals surface area contributed by atoms with Gasteiger partial charge in [-0.05, 0) is 42.6 Å². The molecule has 13 heteroatoms. The van der Waals surface area contributed by atoms with Crippen molar-refractivity contribution >= 4 is 35.0 Å². The first-order valence-corrected chi connectivity index (χ1v) is 20.3. The van der Waals surface area contributed by atoms with Crippen LogP contribution in [-0.2, 0) is 41.7 Å². The lowest BCUT2D eigenvalue weighted by atomic mass is 9.89. The summed E-state index contributed by atoms with van der Waals surface area (Å²) in [4.78, 5) is 63.7. The van der Waals surface area contributed by atoms with Gasteiger partial charge in [-0.3, -0.25) is 19.2 Å². The van der Waals surface area contributed by atoms with Crippen molar-refractivity contribution in [3.8, 4) is 0 Å². The van der Waals surface area contributed by atoms with Gasteiger partial charge in [-0.25, -0.2) is 4.98 Å². The summed E-state index contributed by atoms with van der Waals surface area (Å²) in [5, 5.41) is 16.5. The van der Waals surface area contributed by atoms with Gasteiger partial charge in [0.25, 0.3) is 0 Å². The molecule has 1 aliphatic rings. The second-order valence-corrected chi connectivity index (χ2v) is 16.7. The highest BCUT2D eigenvalue weighted by Crippen LogP contribution is 2.31. The summed E-state index contributed by atoms with van der Waals surface area (Å²) in [6.07, 6.45) is 3.54. The van der Waals surface area contributed by atoms with Crippen molar-refractivity contribution in [1.29, 1.82) is 0 Å². The Balaban J connectivity index is 1.79. The molecule has 1 unspecified atom stereocenters. The molecule has 8 atom stereocenters. The van der Waals surface area contributed by atoms with E-state index in [0.717, 1.165) is 18.4 Å². The Kier molecular flexibility index (Phi) is 18.0. The average molecular weight is 772 g/mol. The van der Waals surface area contributed by atoms with Crippen LogP contribution in [0.2, 0.25) is 0 Å². The lowest BCUT2D eigenvalue weighted by Gasteiger charge is -2.41. The number of ether oxygens (including phenoxy) is 2. The highest BCUT2D eigenvalue weighted by molar-refractivity contribution is 7.11. The predicted octanol–water partition coefficient (Wildman–Crippen LogP) is 5.14. The zero-order valence-corrected chi connectivity index (χ0v) is 34.9. The number of hydrogen-bond donors (Lipinski definition) is 3. The van der Waals surface area contributed by atoms with E-state index < -0.39 is 36.3 Å². The number of carbonyl (C=O) groups excluding carboxylic acids is 4. The molecule has 2 heterocycles. The van der Waals surface area contributed by atoms with Crippen molar-refractivity contribution in [3.63, 3.8) is 0 Å². The van der Waals surface area contributed by atoms with Gasteiger partial charge >= 0.3 is 0 Å². The average Bonchev–Trinajstić information content (AvgIpc) is 3.84. The normalized spacial score (nSPS) is 18.5. The van der Waals surface area contributed by atoms with Gasteiger partial charge in [0, 0.05) is 40.4 Å². The third-order valence-corrected chi connectivity index (χ3v) is 11.8. The van der Waals surface area contributed by atoms with E-state index in [-0.39, 0.29) is 60.5 Å². The van der Waals surface area contributed by atoms with Gasteiger partial charge in [-0.2, -0.15) is 0 Å². The molecule has 0 radical (unpaired) electrons. The third kappa shape index (κ3) is 12.1. The largest absolute Gasteiger partial charge is 0.391 e. The van der Waals surface area contributed by atoms with Crippen molar-refractivity contribution in [2.24, 2.45) is 23.7 Å². The smallest absolute Gasteiger partial charge is 0.245 e. The maximum Gasteiger partial charge on any atom is 0.245 e. The molecule has 54 heavy (non-hydrogen) atoms. The molecular weight excluding hydrogens is 707 g/mol. The van der Waals surface area contributed by atoms with Gasteiger partial charge < -0.3 is 35.0 Å². The molecule has 3 N–H and O–H groups in total. The van der Waals surface area contributed by atoms with E-state index in [9.17, 15) is 24.3 Å². The lowest BCUT2D eigenvalue weighted by molar-refractivity contribution is -0.147. The number of amides is 4. The molecule has 1 aromatic carbocycles.